The molecule has 2 aromatic heterocycles. The molecule has 0 radical (unpaired) electrons. The molecule has 0 bridgehead atoms. The average Bonchev–Trinajstić information content (AvgIpc) is 3.35. The van der Waals surface area contributed by atoms with Gasteiger partial charge in [-0.3, -0.25) is 14.7 Å². The van der Waals surface area contributed by atoms with Gasteiger partial charge in [-0.15, -0.1) is 0 Å². The molecule has 0 saturated carbocycles. The van der Waals surface area contributed by atoms with Crippen LogP contribution in [-0.2, 0) is 16.3 Å². The molecule has 1 amide bonds. The highest BCUT2D eigenvalue weighted by atomic mass is 28.3. The predicted octanol–water partition coefficient (Wildman–Crippen LogP) is 8.48. The van der Waals surface area contributed by atoms with Gasteiger partial charge in [-0.05, 0) is 58.7 Å². The number of carbonyl (C=O) groups excluding carboxylic acids is 1. The van der Waals surface area contributed by atoms with Crippen molar-refractivity contribution in [3.8, 4) is 17.0 Å². The molecule has 242 valence electrons. The molecule has 0 spiro atoms. The Labute approximate surface area is 264 Å². The zero-order valence-electron chi connectivity index (χ0n) is 28.2. The number of benzene rings is 1. The normalized spacial score (nSPS) is 12.8. The largest absolute Gasteiger partial charge is 0.496 e. The van der Waals surface area contributed by atoms with Crippen molar-refractivity contribution in [2.75, 3.05) is 13.7 Å². The van der Waals surface area contributed by atoms with E-state index in [1.54, 1.807) is 13.3 Å². The van der Waals surface area contributed by atoms with E-state index < -0.39 is 25.7 Å². The van der Waals surface area contributed by atoms with E-state index in [0.29, 0.717) is 37.4 Å². The first-order valence-corrected chi connectivity index (χ1v) is 19.5. The molecule has 0 aliphatic rings. The summed E-state index contributed by atoms with van der Waals surface area (Å²) in [4.78, 5) is 35.8. The lowest BCUT2D eigenvalue weighted by Crippen LogP contribution is -2.48. The third-order valence-corrected chi connectivity index (χ3v) is 9.60. The second-order valence-corrected chi connectivity index (χ2v) is 19.4. The number of nitrogens with zero attached hydrogens (tertiary/aromatic N) is 4. The Kier molecular flexibility index (Phi) is 12.1. The van der Waals surface area contributed by atoms with Crippen LogP contribution < -0.4 is 4.74 Å². The van der Waals surface area contributed by atoms with Crippen LogP contribution in [0.25, 0.3) is 22.2 Å². The molecule has 2 heterocycles. The van der Waals surface area contributed by atoms with Crippen LogP contribution in [0.3, 0.4) is 0 Å². The maximum absolute atomic E-state index is 12.8. The summed E-state index contributed by atoms with van der Waals surface area (Å²) < 4.78 is 14.2. The lowest BCUT2D eigenvalue weighted by molar-refractivity contribution is -0.118. The van der Waals surface area contributed by atoms with Crippen LogP contribution in [0.2, 0.25) is 25.7 Å². The highest BCUT2D eigenvalue weighted by Gasteiger charge is 2.37. The number of methoxy groups -OCH3 is 1. The summed E-state index contributed by atoms with van der Waals surface area (Å²) in [5.41, 5.74) is 2.73. The maximum atomic E-state index is 12.8. The molecule has 10 heteroatoms. The molecule has 0 aliphatic heterocycles. The van der Waals surface area contributed by atoms with Crippen molar-refractivity contribution in [1.82, 2.24) is 19.4 Å². The number of imidazole rings is 1. The number of unbranched alkanes of at least 4 members (excludes halogenated alkanes) is 2. The minimum Gasteiger partial charge on any atom is -0.496 e. The Morgan fingerprint density at radius 3 is 2.45 bits per heavy atom. The molecule has 0 aliphatic carbocycles. The van der Waals surface area contributed by atoms with E-state index in [2.05, 4.69) is 30.7 Å². The monoisotopic (exact) mass is 624 g/mol. The van der Waals surface area contributed by atoms with Crippen molar-refractivity contribution >= 4 is 30.9 Å². The minimum atomic E-state index is -1.32. The third kappa shape index (κ3) is 9.38. The van der Waals surface area contributed by atoms with Crippen LogP contribution in [0.5, 0.6) is 5.75 Å². The minimum absolute atomic E-state index is 0.238. The van der Waals surface area contributed by atoms with Crippen molar-refractivity contribution in [2.45, 2.75) is 117 Å². The number of amides is 1. The second kappa shape index (κ2) is 15.2. The van der Waals surface area contributed by atoms with Gasteiger partial charge in [0.2, 0.25) is 0 Å². The molecular formula is C34H52N4O5Si. The molecule has 0 fully saturated rings. The van der Waals surface area contributed by atoms with Gasteiger partial charge in [0, 0.05) is 55.8 Å². The van der Waals surface area contributed by atoms with Gasteiger partial charge in [0.05, 0.1) is 30.6 Å². The van der Waals surface area contributed by atoms with Crippen LogP contribution in [-0.4, -0.2) is 63.7 Å². The summed E-state index contributed by atoms with van der Waals surface area (Å²) >= 11 is 0. The molecule has 44 heavy (non-hydrogen) atoms. The summed E-state index contributed by atoms with van der Waals surface area (Å²) in [5.74, 6) is 1.56. The molecule has 0 saturated heterocycles. The molecule has 1 atom stereocenters. The number of hydrogen-bond acceptors (Lipinski definition) is 6. The Morgan fingerprint density at radius 1 is 1.11 bits per heavy atom. The second-order valence-electron chi connectivity index (χ2n) is 13.8. The zero-order chi connectivity index (χ0) is 32.7. The van der Waals surface area contributed by atoms with Crippen LogP contribution in [0, 0.1) is 6.92 Å². The number of Topliss-reactive ketones (excluding diaryl/α,β-unsaturated/α-hetero) is 1. The van der Waals surface area contributed by atoms with E-state index in [1.165, 1.54) is 4.90 Å². The van der Waals surface area contributed by atoms with E-state index in [4.69, 9.17) is 14.5 Å². The maximum Gasteiger partial charge on any atom is 0.408 e. The van der Waals surface area contributed by atoms with E-state index >= 15 is 0 Å². The van der Waals surface area contributed by atoms with Crippen molar-refractivity contribution in [3.05, 3.63) is 42.0 Å². The Hall–Kier alpha value is -3.24. The molecule has 1 N–H and O–H groups in total. The van der Waals surface area contributed by atoms with Gasteiger partial charge >= 0.3 is 6.09 Å². The van der Waals surface area contributed by atoms with Gasteiger partial charge in [0.15, 0.2) is 0 Å². The summed E-state index contributed by atoms with van der Waals surface area (Å²) in [6.07, 6.45) is 4.89. The summed E-state index contributed by atoms with van der Waals surface area (Å²) in [6, 6.07) is 8.52. The highest BCUT2D eigenvalue weighted by Crippen LogP contribution is 2.38. The summed E-state index contributed by atoms with van der Waals surface area (Å²) in [6.45, 7) is 17.4. The van der Waals surface area contributed by atoms with Crippen molar-refractivity contribution in [3.63, 3.8) is 0 Å². The first-order valence-electron chi connectivity index (χ1n) is 15.8. The van der Waals surface area contributed by atoms with Gasteiger partial charge in [0.25, 0.3) is 0 Å². The standard InChI is InChI=1S/C34H52N4O5Si/c1-10-26(39)14-12-11-13-15-29(38(33(40)41)34(3,4)5)32-35-22-30(37(32)23-43-18-19-44(7,8)9)27-20-25-17-16-24(2)36-28(25)21-31(27)42-6/h16-17,20-22,29H,10-15,18-19,23H2,1-9H3,(H,40,41)/t29-/m0/s1. The Morgan fingerprint density at radius 2 is 1.84 bits per heavy atom. The Balaban J connectivity index is 2.12. The molecule has 1 aromatic carbocycles. The SMILES string of the molecule is CCC(=O)CCCCC[C@@H](c1ncc(-c2cc3ccc(C)nc3cc2OC)n1COCC[Si](C)(C)C)N(C(=O)O)C(C)(C)C. The number of carbonyl (C=O) groups is 2. The summed E-state index contributed by atoms with van der Waals surface area (Å²) in [5, 5.41) is 11.5. The van der Waals surface area contributed by atoms with Crippen molar-refractivity contribution in [2.24, 2.45) is 0 Å². The smallest absolute Gasteiger partial charge is 0.408 e. The van der Waals surface area contributed by atoms with Gasteiger partial charge in [-0.1, -0.05) is 45.5 Å². The number of ketones is 1. The number of hydrogen-bond donors (Lipinski definition) is 1. The number of fused-ring (bicyclic) bond motifs is 1. The molecule has 9 nitrogen and oxygen atoms in total. The van der Waals surface area contributed by atoms with Crippen LogP contribution >= 0.6 is 0 Å². The van der Waals surface area contributed by atoms with Gasteiger partial charge in [-0.2, -0.15) is 0 Å². The first kappa shape index (κ1) is 35.2. The fraction of sp³-hybridized carbons (Fsp3) is 0.588. The third-order valence-electron chi connectivity index (χ3n) is 7.89. The van der Waals surface area contributed by atoms with E-state index in [1.807, 2.05) is 57.4 Å². The lowest BCUT2D eigenvalue weighted by Gasteiger charge is -2.39. The quantitative estimate of drug-likeness (QED) is 0.126. The molecular weight excluding hydrogens is 572 g/mol. The van der Waals surface area contributed by atoms with Gasteiger partial charge < -0.3 is 19.1 Å². The predicted molar refractivity (Wildman–Crippen MR) is 179 cm³/mol. The number of pyridine rings is 1. The van der Waals surface area contributed by atoms with Crippen molar-refractivity contribution in [1.29, 1.82) is 0 Å². The van der Waals surface area contributed by atoms with E-state index in [9.17, 15) is 14.7 Å². The fourth-order valence-corrected chi connectivity index (χ4v) is 6.20. The van der Waals surface area contributed by atoms with Crippen LogP contribution in [0.1, 0.15) is 83.8 Å². The molecule has 3 aromatic rings. The van der Waals surface area contributed by atoms with E-state index in [-0.39, 0.29) is 12.5 Å². The topological polar surface area (TPSA) is 107 Å². The number of ether oxygens (including phenoxy) is 2. The Bertz CT molecular complexity index is 1420. The van der Waals surface area contributed by atoms with Gasteiger partial charge in [0.1, 0.15) is 24.1 Å². The van der Waals surface area contributed by atoms with Gasteiger partial charge in [-0.25, -0.2) is 9.78 Å². The zero-order valence-corrected chi connectivity index (χ0v) is 29.2. The fourth-order valence-electron chi connectivity index (χ4n) is 5.44. The molecule has 0 unspecified atom stereocenters. The lowest BCUT2D eigenvalue weighted by atomic mass is 9.98. The number of aryl methyl sites for hydroxylation is 1. The first-order chi connectivity index (χ1) is 20.7. The average molecular weight is 625 g/mol. The molecule has 3 rings (SSSR count). The van der Waals surface area contributed by atoms with Crippen LogP contribution in [0.4, 0.5) is 4.79 Å². The number of rotatable bonds is 16. The number of aromatic nitrogens is 3. The van der Waals surface area contributed by atoms with Crippen molar-refractivity contribution < 1.29 is 24.2 Å². The highest BCUT2D eigenvalue weighted by molar-refractivity contribution is 6.76. The number of carboxylic acid groups (broad SMARTS) is 1. The summed E-state index contributed by atoms with van der Waals surface area (Å²) in [7, 11) is 0.320. The van der Waals surface area contributed by atoms with Crippen LogP contribution in [0.15, 0.2) is 30.5 Å². The van der Waals surface area contributed by atoms with E-state index in [0.717, 1.165) is 53.2 Å².